The van der Waals surface area contributed by atoms with Gasteiger partial charge in [0.15, 0.2) is 0 Å². The maximum absolute atomic E-state index is 4.55. The third-order valence-corrected chi connectivity index (χ3v) is 25.4. The lowest BCUT2D eigenvalue weighted by atomic mass is 9.33. The van der Waals surface area contributed by atoms with Crippen molar-refractivity contribution in [2.75, 3.05) is 10.6 Å². The zero-order valence-corrected chi connectivity index (χ0v) is 69.3. The van der Waals surface area contributed by atoms with E-state index in [2.05, 4.69) is 447 Å². The Balaban J connectivity index is 0.928. The molecule has 2 aliphatic rings. The van der Waals surface area contributed by atoms with Crippen molar-refractivity contribution in [2.45, 2.75) is 105 Å². The Labute approximate surface area is 692 Å². The van der Waals surface area contributed by atoms with Crippen molar-refractivity contribution >= 4 is 111 Å². The first-order valence-corrected chi connectivity index (χ1v) is 41.9. The molecule has 2 aliphatic heterocycles. The molecule has 2 N–H and O–H groups in total. The number of para-hydroxylation sites is 2. The molecule has 6 heteroatoms. The van der Waals surface area contributed by atoms with Gasteiger partial charge in [-0.2, -0.15) is 0 Å². The van der Waals surface area contributed by atoms with Crippen molar-refractivity contribution in [1.29, 1.82) is 0 Å². The number of hydrogen-bond donors (Lipinski definition) is 2. The van der Waals surface area contributed by atoms with Gasteiger partial charge in [0.25, 0.3) is 6.71 Å². The van der Waals surface area contributed by atoms with E-state index in [0.717, 1.165) is 129 Å². The smallest absolute Gasteiger partial charge is 0.252 e. The highest BCUT2D eigenvalue weighted by Crippen LogP contribution is 2.55. The van der Waals surface area contributed by atoms with E-state index in [4.69, 9.17) is 0 Å². The van der Waals surface area contributed by atoms with Crippen molar-refractivity contribution < 1.29 is 0 Å². The van der Waals surface area contributed by atoms with Gasteiger partial charge in [0, 0.05) is 88.8 Å². The van der Waals surface area contributed by atoms with E-state index in [1.165, 1.54) is 93.0 Å². The van der Waals surface area contributed by atoms with Crippen LogP contribution in [0.2, 0.25) is 0 Å². The van der Waals surface area contributed by atoms with Crippen LogP contribution in [0.3, 0.4) is 0 Å². The van der Waals surface area contributed by atoms with Crippen LogP contribution in [-0.2, 0) is 21.7 Å². The van der Waals surface area contributed by atoms with Gasteiger partial charge < -0.3 is 24.3 Å². The highest BCUT2D eigenvalue weighted by Gasteiger charge is 2.43. The average molecular weight is 1520 g/mol. The molecule has 0 fully saturated rings. The van der Waals surface area contributed by atoms with Crippen LogP contribution in [0.15, 0.2) is 340 Å². The summed E-state index contributed by atoms with van der Waals surface area (Å²) < 4.78 is 7.51. The van der Waals surface area contributed by atoms with Gasteiger partial charge in [0.1, 0.15) is 0 Å². The summed E-state index contributed by atoms with van der Waals surface area (Å²) in [5.74, 6) is 0. The molecule has 0 saturated carbocycles. The highest BCUT2D eigenvalue weighted by atomic mass is 15.0. The van der Waals surface area contributed by atoms with Crippen LogP contribution in [0, 0.1) is 0 Å². The molecule has 21 rings (SSSR count). The van der Waals surface area contributed by atoms with Crippen LogP contribution in [0.25, 0.3) is 160 Å². The Morgan fingerprint density at radius 3 is 0.864 bits per heavy atom. The second-order valence-electron chi connectivity index (χ2n) is 37.1. The van der Waals surface area contributed by atoms with Crippen molar-refractivity contribution in [1.82, 2.24) is 13.7 Å². The molecule has 19 aromatic rings. The van der Waals surface area contributed by atoms with E-state index in [1.54, 1.807) is 0 Å². The summed E-state index contributed by atoms with van der Waals surface area (Å²) in [5.41, 5.74) is 38.8. The number of anilines is 4. The standard InChI is InChI=1S/C112H94BN5/c1-109(2,3)80-43-52-99-89(63-80)90-64-81(110(4,5)6)44-53-100(90)117(99)85-47-49-93-95(67-85)114-107-104(78-58-74(69-30-18-13-19-31-69)56-75(59-78)70-32-20-14-21-33-70)103(73-42-51-98-88(62-73)87-40-28-29-41-97(87)116(98)84-38-26-17-27-39-84)105(79-60-76(71-34-22-15-23-35-71)57-77(61-79)72-36-24-16-25-37-72)108-106(107)113(93)94-50-48-86(68-96(94)115-108)118-101-54-45-82(111(7,8)9)65-91(101)92-66-83(112(10,11)12)46-55-102(92)118/h13-68,114-115H,1-12H3. The number of nitrogens with zero attached hydrogens (tertiary/aromatic N) is 3. The fourth-order valence-electron chi connectivity index (χ4n) is 19.2. The molecule has 0 aliphatic carbocycles. The van der Waals surface area contributed by atoms with Gasteiger partial charge in [-0.3, -0.25) is 0 Å². The minimum absolute atomic E-state index is 0.0610. The summed E-state index contributed by atoms with van der Waals surface area (Å²) in [6, 6.07) is 130. The lowest BCUT2D eigenvalue weighted by molar-refractivity contribution is 0.590. The zero-order valence-electron chi connectivity index (χ0n) is 69.3. The molecule has 0 amide bonds. The molecule has 16 aromatic carbocycles. The summed E-state index contributed by atoms with van der Waals surface area (Å²) in [7, 11) is 0. The number of rotatable bonds is 10. The first-order chi connectivity index (χ1) is 57.0. The first kappa shape index (κ1) is 72.3. The fraction of sp³-hybridized carbons (Fsp3) is 0.143. The lowest BCUT2D eigenvalue weighted by Gasteiger charge is -2.39. The largest absolute Gasteiger partial charge is 0.356 e. The Kier molecular flexibility index (Phi) is 16.6. The van der Waals surface area contributed by atoms with E-state index < -0.39 is 0 Å². The molecule has 0 spiro atoms. The zero-order chi connectivity index (χ0) is 80.4. The second-order valence-corrected chi connectivity index (χ2v) is 37.1. The predicted octanol–water partition coefficient (Wildman–Crippen LogP) is 28.5. The molecule has 5 heterocycles. The molecule has 118 heavy (non-hydrogen) atoms. The van der Waals surface area contributed by atoms with Gasteiger partial charge in [0.2, 0.25) is 0 Å². The van der Waals surface area contributed by atoms with E-state index in [-0.39, 0.29) is 28.4 Å². The SMILES string of the molecule is CC(C)(C)c1ccc2c(c1)c1cc(C(C)(C)C)ccc1n2-c1ccc2c(c1)Nc1c3c(c(-c4cc(-c5ccccc5)cc(-c5ccccc5)c4)c(-c4ccc5c(c4)c4ccccc4n5-c4ccccc4)c1-c1cc(-c4ccccc4)cc(-c4ccccc4)c1)Nc1cc(-n4c5ccc(C(C)(C)C)cc5c5cc(C(C)(C)C)ccc54)ccc1B23. The van der Waals surface area contributed by atoms with Gasteiger partial charge in [-0.05, 0) is 261 Å². The fourth-order valence-corrected chi connectivity index (χ4v) is 19.2. The molecule has 3 aromatic heterocycles. The predicted molar refractivity (Wildman–Crippen MR) is 506 cm³/mol. The number of hydrogen-bond acceptors (Lipinski definition) is 2. The monoisotopic (exact) mass is 1520 g/mol. The van der Waals surface area contributed by atoms with Gasteiger partial charge in [-0.15, -0.1) is 0 Å². The van der Waals surface area contributed by atoms with Gasteiger partial charge >= 0.3 is 0 Å². The first-order valence-electron chi connectivity index (χ1n) is 41.9. The van der Waals surface area contributed by atoms with Crippen molar-refractivity contribution in [3.8, 4) is 95.0 Å². The Morgan fingerprint density at radius 1 is 0.212 bits per heavy atom. The Morgan fingerprint density at radius 2 is 0.508 bits per heavy atom. The molecule has 0 saturated heterocycles. The van der Waals surface area contributed by atoms with E-state index in [0.29, 0.717) is 0 Å². The molecular weight excluding hydrogens is 1430 g/mol. The molecule has 0 atom stereocenters. The Bertz CT molecular complexity index is 6680. The molecule has 0 unspecified atom stereocenters. The summed E-state index contributed by atoms with van der Waals surface area (Å²) in [6.45, 7) is 27.7. The van der Waals surface area contributed by atoms with Gasteiger partial charge in [-0.1, -0.05) is 283 Å². The van der Waals surface area contributed by atoms with Crippen LogP contribution in [0.5, 0.6) is 0 Å². The van der Waals surface area contributed by atoms with Crippen LogP contribution in [0.4, 0.5) is 22.7 Å². The third-order valence-electron chi connectivity index (χ3n) is 25.4. The van der Waals surface area contributed by atoms with Crippen LogP contribution >= 0.6 is 0 Å². The maximum atomic E-state index is 4.55. The van der Waals surface area contributed by atoms with Gasteiger partial charge in [0.05, 0.1) is 33.1 Å². The van der Waals surface area contributed by atoms with E-state index in [9.17, 15) is 0 Å². The molecular formula is C112H94BN5. The third kappa shape index (κ3) is 12.0. The number of fused-ring (bicyclic) bond motifs is 13. The quantitative estimate of drug-likeness (QED) is 0.134. The summed E-state index contributed by atoms with van der Waals surface area (Å²) in [6.07, 6.45) is 0. The average Bonchev–Trinajstić information content (AvgIpc) is 0.806. The van der Waals surface area contributed by atoms with Crippen molar-refractivity contribution in [3.05, 3.63) is 362 Å². The minimum Gasteiger partial charge on any atom is -0.356 e. The van der Waals surface area contributed by atoms with Crippen molar-refractivity contribution in [3.63, 3.8) is 0 Å². The summed E-state index contributed by atoms with van der Waals surface area (Å²) in [4.78, 5) is 0. The van der Waals surface area contributed by atoms with Crippen molar-refractivity contribution in [2.24, 2.45) is 0 Å². The summed E-state index contributed by atoms with van der Waals surface area (Å²) >= 11 is 0. The highest BCUT2D eigenvalue weighted by molar-refractivity contribution is 7.00. The van der Waals surface area contributed by atoms with Gasteiger partial charge in [-0.25, -0.2) is 0 Å². The normalized spacial score (nSPS) is 12.9. The summed E-state index contributed by atoms with van der Waals surface area (Å²) in [5, 5.41) is 16.5. The second kappa shape index (κ2) is 27.1. The van der Waals surface area contributed by atoms with E-state index >= 15 is 0 Å². The topological polar surface area (TPSA) is 38.9 Å². The minimum atomic E-state index is -0.293. The molecule has 570 valence electrons. The number of benzene rings is 16. The maximum Gasteiger partial charge on any atom is 0.252 e. The van der Waals surface area contributed by atoms with Crippen LogP contribution in [-0.4, -0.2) is 20.4 Å². The number of nitrogens with one attached hydrogen (secondary N) is 2. The molecule has 5 nitrogen and oxygen atoms in total. The van der Waals surface area contributed by atoms with E-state index in [1.807, 2.05) is 0 Å². The van der Waals surface area contributed by atoms with Crippen LogP contribution in [0.1, 0.15) is 105 Å². The molecule has 0 radical (unpaired) electrons. The number of aromatic nitrogens is 3. The lowest BCUT2D eigenvalue weighted by Crippen LogP contribution is -2.59. The Hall–Kier alpha value is -13.4. The van der Waals surface area contributed by atoms with Crippen LogP contribution < -0.4 is 27.0 Å². The molecule has 0 bridgehead atoms.